The Bertz CT molecular complexity index is 286. The number of hydrogen-bond acceptors (Lipinski definition) is 3. The topological polar surface area (TPSA) is 69.6 Å². The van der Waals surface area contributed by atoms with Crippen molar-refractivity contribution in [2.75, 3.05) is 19.3 Å². The fraction of sp³-hybridized carbons (Fsp3) is 0.818. The number of carboxylic acids is 1. The number of urea groups is 1. The minimum absolute atomic E-state index is 0.247. The number of hydrogen-bond donors (Lipinski definition) is 2. The van der Waals surface area contributed by atoms with E-state index >= 15 is 0 Å². The normalized spacial score (nSPS) is 21.3. The number of nitrogens with one attached hydrogen (secondary N) is 1. The molecule has 1 heterocycles. The van der Waals surface area contributed by atoms with E-state index in [0.29, 0.717) is 24.8 Å². The van der Waals surface area contributed by atoms with Gasteiger partial charge < -0.3 is 15.3 Å². The molecule has 1 saturated heterocycles. The summed E-state index contributed by atoms with van der Waals surface area (Å²) in [6.07, 6.45) is 4.27. The van der Waals surface area contributed by atoms with Crippen LogP contribution in [0.15, 0.2) is 0 Å². The van der Waals surface area contributed by atoms with E-state index in [0.717, 1.165) is 12.8 Å². The van der Waals surface area contributed by atoms with Crippen LogP contribution in [0, 0.1) is 0 Å². The van der Waals surface area contributed by atoms with Crippen LogP contribution in [-0.4, -0.2) is 52.6 Å². The molecule has 1 aliphatic heterocycles. The molecule has 0 aromatic heterocycles. The zero-order valence-electron chi connectivity index (χ0n) is 10.3. The lowest BCUT2D eigenvalue weighted by Gasteiger charge is -2.22. The van der Waals surface area contributed by atoms with Gasteiger partial charge in [-0.1, -0.05) is 6.92 Å². The van der Waals surface area contributed by atoms with Crippen molar-refractivity contribution in [1.29, 1.82) is 0 Å². The third kappa shape index (κ3) is 4.11. The number of likely N-dealkylation sites (tertiary alicyclic amines) is 1. The standard InChI is InChI=1S/C11H20N2O3S/c1-8(17-2)5-6-12-11(16)13-7-3-4-9(13)10(14)15/h8-9H,3-7H2,1-2H3,(H,12,16)(H,14,15). The van der Waals surface area contributed by atoms with E-state index in [-0.39, 0.29) is 6.03 Å². The Kier molecular flexibility index (Phi) is 5.61. The highest BCUT2D eigenvalue weighted by molar-refractivity contribution is 7.99. The molecule has 0 aliphatic carbocycles. The SMILES string of the molecule is CSC(C)CCNC(=O)N1CCCC1C(=O)O. The van der Waals surface area contributed by atoms with Crippen molar-refractivity contribution < 1.29 is 14.7 Å². The second-order valence-corrected chi connectivity index (χ2v) is 5.53. The zero-order chi connectivity index (χ0) is 12.8. The summed E-state index contributed by atoms with van der Waals surface area (Å²) < 4.78 is 0. The second-order valence-electron chi connectivity index (χ2n) is 4.26. The lowest BCUT2D eigenvalue weighted by atomic mass is 10.2. The van der Waals surface area contributed by atoms with Crippen LogP contribution in [0.5, 0.6) is 0 Å². The zero-order valence-corrected chi connectivity index (χ0v) is 11.1. The Morgan fingerprint density at radius 3 is 2.88 bits per heavy atom. The molecule has 0 radical (unpaired) electrons. The van der Waals surface area contributed by atoms with Crippen LogP contribution in [0.4, 0.5) is 4.79 Å². The number of rotatable bonds is 5. The van der Waals surface area contributed by atoms with Gasteiger partial charge in [0.2, 0.25) is 0 Å². The molecule has 2 atom stereocenters. The lowest BCUT2D eigenvalue weighted by Crippen LogP contribution is -2.46. The first-order valence-corrected chi connectivity index (χ1v) is 7.15. The van der Waals surface area contributed by atoms with Gasteiger partial charge in [-0.2, -0.15) is 11.8 Å². The maximum absolute atomic E-state index is 11.8. The smallest absolute Gasteiger partial charge is 0.326 e. The molecule has 1 fully saturated rings. The summed E-state index contributed by atoms with van der Waals surface area (Å²) >= 11 is 1.76. The van der Waals surface area contributed by atoms with Gasteiger partial charge in [-0.25, -0.2) is 9.59 Å². The number of carbonyl (C=O) groups is 2. The number of thioether (sulfide) groups is 1. The molecule has 17 heavy (non-hydrogen) atoms. The van der Waals surface area contributed by atoms with Crippen molar-refractivity contribution in [2.24, 2.45) is 0 Å². The summed E-state index contributed by atoms with van der Waals surface area (Å²) in [4.78, 5) is 24.1. The number of carboxylic acid groups (broad SMARTS) is 1. The minimum Gasteiger partial charge on any atom is -0.480 e. The number of aliphatic carboxylic acids is 1. The van der Waals surface area contributed by atoms with Crippen LogP contribution < -0.4 is 5.32 Å². The van der Waals surface area contributed by atoms with Gasteiger partial charge in [-0.3, -0.25) is 0 Å². The predicted molar refractivity (Wildman–Crippen MR) is 68.4 cm³/mol. The van der Waals surface area contributed by atoms with Crippen molar-refractivity contribution in [1.82, 2.24) is 10.2 Å². The Hall–Kier alpha value is -0.910. The molecule has 6 heteroatoms. The molecule has 2 amide bonds. The van der Waals surface area contributed by atoms with Crippen molar-refractivity contribution in [3.63, 3.8) is 0 Å². The molecule has 2 unspecified atom stereocenters. The maximum atomic E-state index is 11.8. The van der Waals surface area contributed by atoms with E-state index < -0.39 is 12.0 Å². The molecule has 0 aromatic rings. The van der Waals surface area contributed by atoms with Crippen LogP contribution in [0.25, 0.3) is 0 Å². The number of amides is 2. The fourth-order valence-electron chi connectivity index (χ4n) is 1.87. The third-order valence-corrected chi connectivity index (χ3v) is 4.07. The van der Waals surface area contributed by atoms with E-state index in [1.54, 1.807) is 11.8 Å². The summed E-state index contributed by atoms with van der Waals surface area (Å²) in [5.74, 6) is -0.907. The van der Waals surface area contributed by atoms with Gasteiger partial charge in [0.05, 0.1) is 0 Å². The van der Waals surface area contributed by atoms with E-state index in [2.05, 4.69) is 12.2 Å². The predicted octanol–water partition coefficient (Wildman–Crippen LogP) is 1.39. The van der Waals surface area contributed by atoms with Crippen molar-refractivity contribution in [2.45, 2.75) is 37.5 Å². The van der Waals surface area contributed by atoms with Gasteiger partial charge in [-0.15, -0.1) is 0 Å². The second kappa shape index (κ2) is 6.74. The Labute approximate surface area is 106 Å². The molecule has 98 valence electrons. The van der Waals surface area contributed by atoms with E-state index in [9.17, 15) is 9.59 Å². The number of nitrogens with zero attached hydrogens (tertiary/aromatic N) is 1. The summed E-state index contributed by atoms with van der Waals surface area (Å²) in [5, 5.41) is 12.2. The minimum atomic E-state index is -0.907. The van der Waals surface area contributed by atoms with Crippen LogP contribution in [-0.2, 0) is 4.79 Å². The van der Waals surface area contributed by atoms with Gasteiger partial charge in [0, 0.05) is 18.3 Å². The third-order valence-electron chi connectivity index (χ3n) is 3.03. The van der Waals surface area contributed by atoms with Gasteiger partial charge >= 0.3 is 12.0 Å². The molecule has 1 aliphatic rings. The first-order chi connectivity index (χ1) is 8.06. The molecule has 1 rings (SSSR count). The molecule has 5 nitrogen and oxygen atoms in total. The van der Waals surface area contributed by atoms with Crippen LogP contribution in [0.3, 0.4) is 0 Å². The highest BCUT2D eigenvalue weighted by Crippen LogP contribution is 2.17. The van der Waals surface area contributed by atoms with E-state index in [1.165, 1.54) is 4.90 Å². The Morgan fingerprint density at radius 2 is 2.29 bits per heavy atom. The summed E-state index contributed by atoms with van der Waals surface area (Å²) in [6, 6.07) is -0.892. The van der Waals surface area contributed by atoms with Crippen LogP contribution >= 0.6 is 11.8 Å². The van der Waals surface area contributed by atoms with Gasteiger partial charge in [0.1, 0.15) is 6.04 Å². The van der Waals surface area contributed by atoms with Crippen LogP contribution in [0.1, 0.15) is 26.2 Å². The summed E-state index contributed by atoms with van der Waals surface area (Å²) in [7, 11) is 0. The van der Waals surface area contributed by atoms with Crippen molar-refractivity contribution in [3.8, 4) is 0 Å². The highest BCUT2D eigenvalue weighted by atomic mass is 32.2. The molecule has 0 saturated carbocycles. The Balaban J connectivity index is 2.34. The van der Waals surface area contributed by atoms with Crippen LogP contribution in [0.2, 0.25) is 0 Å². The largest absolute Gasteiger partial charge is 0.480 e. The molecular weight excluding hydrogens is 240 g/mol. The van der Waals surface area contributed by atoms with E-state index in [4.69, 9.17) is 5.11 Å². The maximum Gasteiger partial charge on any atom is 0.326 e. The average Bonchev–Trinajstić information content (AvgIpc) is 2.77. The summed E-state index contributed by atoms with van der Waals surface area (Å²) in [6.45, 7) is 3.25. The monoisotopic (exact) mass is 260 g/mol. The van der Waals surface area contributed by atoms with Gasteiger partial charge in [-0.05, 0) is 25.5 Å². The highest BCUT2D eigenvalue weighted by Gasteiger charge is 2.33. The fourth-order valence-corrected chi connectivity index (χ4v) is 2.22. The first kappa shape index (κ1) is 14.2. The molecular formula is C11H20N2O3S. The molecule has 2 N–H and O–H groups in total. The van der Waals surface area contributed by atoms with Gasteiger partial charge in [0.25, 0.3) is 0 Å². The molecule has 0 spiro atoms. The van der Waals surface area contributed by atoms with Crippen molar-refractivity contribution >= 4 is 23.8 Å². The lowest BCUT2D eigenvalue weighted by molar-refractivity contribution is -0.141. The average molecular weight is 260 g/mol. The number of carbonyl (C=O) groups excluding carboxylic acids is 1. The molecule has 0 bridgehead atoms. The first-order valence-electron chi connectivity index (χ1n) is 5.86. The summed E-state index contributed by atoms with van der Waals surface area (Å²) in [5.41, 5.74) is 0. The molecule has 0 aromatic carbocycles. The van der Waals surface area contributed by atoms with E-state index in [1.807, 2.05) is 6.26 Å². The quantitative estimate of drug-likeness (QED) is 0.783. The Morgan fingerprint density at radius 1 is 1.59 bits per heavy atom. The van der Waals surface area contributed by atoms with Crippen molar-refractivity contribution in [3.05, 3.63) is 0 Å². The van der Waals surface area contributed by atoms with Gasteiger partial charge in [0.15, 0.2) is 0 Å².